The minimum absolute atomic E-state index is 0.0778. The first-order chi connectivity index (χ1) is 13.1. The first kappa shape index (κ1) is 17.3. The summed E-state index contributed by atoms with van der Waals surface area (Å²) in [7, 11) is 2.10. The predicted molar refractivity (Wildman–Crippen MR) is 111 cm³/mol. The fraction of sp³-hybridized carbons (Fsp3) is 0.208. The molecule has 3 nitrogen and oxygen atoms in total. The highest BCUT2D eigenvalue weighted by Crippen LogP contribution is 2.39. The number of hydrogen-bond acceptors (Lipinski definition) is 2. The van der Waals surface area contributed by atoms with Crippen molar-refractivity contribution < 1.29 is 4.79 Å². The Labute approximate surface area is 160 Å². The first-order valence-electron chi connectivity index (χ1n) is 9.31. The molecule has 3 aromatic rings. The van der Waals surface area contributed by atoms with Crippen molar-refractivity contribution in [2.75, 3.05) is 17.3 Å². The number of nitrogens with zero attached hydrogens (tertiary/aromatic N) is 1. The van der Waals surface area contributed by atoms with Crippen LogP contribution >= 0.6 is 0 Å². The number of nitrogens with one attached hydrogen (secondary N) is 1. The maximum Gasteiger partial charge on any atom is 0.235 e. The lowest BCUT2D eigenvalue weighted by molar-refractivity contribution is -0.120. The van der Waals surface area contributed by atoms with Gasteiger partial charge in [-0.15, -0.1) is 0 Å². The van der Waals surface area contributed by atoms with Gasteiger partial charge in [-0.3, -0.25) is 4.79 Å². The third-order valence-electron chi connectivity index (χ3n) is 5.47. The van der Waals surface area contributed by atoms with Crippen LogP contribution in [0.2, 0.25) is 0 Å². The number of amides is 1. The second-order valence-corrected chi connectivity index (χ2v) is 7.52. The van der Waals surface area contributed by atoms with Gasteiger partial charge >= 0.3 is 0 Å². The fourth-order valence-corrected chi connectivity index (χ4v) is 3.86. The molecule has 0 saturated carbocycles. The topological polar surface area (TPSA) is 32.3 Å². The Hall–Kier alpha value is -3.07. The van der Waals surface area contributed by atoms with E-state index in [-0.39, 0.29) is 5.91 Å². The van der Waals surface area contributed by atoms with E-state index in [1.807, 2.05) is 31.2 Å². The summed E-state index contributed by atoms with van der Waals surface area (Å²) in [5.74, 6) is 0.0778. The number of hydrogen-bond donors (Lipinski definition) is 1. The van der Waals surface area contributed by atoms with Gasteiger partial charge in [0.25, 0.3) is 0 Å². The van der Waals surface area contributed by atoms with Gasteiger partial charge in [-0.2, -0.15) is 0 Å². The van der Waals surface area contributed by atoms with Crippen molar-refractivity contribution in [3.8, 4) is 0 Å². The quantitative estimate of drug-likeness (QED) is 0.714. The molecule has 1 N–H and O–H groups in total. The molecule has 0 aromatic heterocycles. The zero-order valence-electron chi connectivity index (χ0n) is 15.8. The van der Waals surface area contributed by atoms with Crippen LogP contribution in [0.4, 0.5) is 11.4 Å². The third kappa shape index (κ3) is 3.33. The molecule has 3 aromatic carbocycles. The van der Waals surface area contributed by atoms with Gasteiger partial charge in [-0.05, 0) is 48.2 Å². The molecule has 1 aliphatic rings. The summed E-state index contributed by atoms with van der Waals surface area (Å²) in [6.45, 7) is 2.90. The van der Waals surface area contributed by atoms with Gasteiger partial charge in [0.05, 0.1) is 5.41 Å². The minimum atomic E-state index is -0.520. The fourth-order valence-electron chi connectivity index (χ4n) is 3.86. The van der Waals surface area contributed by atoms with Crippen LogP contribution in [0.15, 0.2) is 78.9 Å². The Morgan fingerprint density at radius 2 is 1.52 bits per heavy atom. The van der Waals surface area contributed by atoms with Crippen molar-refractivity contribution in [1.29, 1.82) is 0 Å². The SMILES string of the molecule is CN(Cc1ccccc1)c1ccc(CC2(C)C(=O)Nc3ccccc32)cc1. The summed E-state index contributed by atoms with van der Waals surface area (Å²) in [4.78, 5) is 14.9. The predicted octanol–water partition coefficient (Wildman–Crippen LogP) is 4.78. The Morgan fingerprint density at radius 1 is 0.852 bits per heavy atom. The van der Waals surface area contributed by atoms with Crippen molar-refractivity contribution in [2.24, 2.45) is 0 Å². The van der Waals surface area contributed by atoms with Crippen LogP contribution in [0.3, 0.4) is 0 Å². The van der Waals surface area contributed by atoms with E-state index in [9.17, 15) is 4.79 Å². The Bertz CT molecular complexity index is 950. The molecule has 0 spiro atoms. The average molecular weight is 356 g/mol. The average Bonchev–Trinajstić information content (AvgIpc) is 2.93. The van der Waals surface area contributed by atoms with Crippen molar-refractivity contribution in [3.63, 3.8) is 0 Å². The monoisotopic (exact) mass is 356 g/mol. The lowest BCUT2D eigenvalue weighted by Crippen LogP contribution is -2.33. The van der Waals surface area contributed by atoms with E-state index in [0.29, 0.717) is 6.42 Å². The zero-order chi connectivity index (χ0) is 18.9. The summed E-state index contributed by atoms with van der Waals surface area (Å²) in [5.41, 5.74) is 5.12. The molecular weight excluding hydrogens is 332 g/mol. The highest BCUT2D eigenvalue weighted by atomic mass is 16.2. The van der Waals surface area contributed by atoms with Crippen molar-refractivity contribution in [3.05, 3.63) is 95.6 Å². The number of carbonyl (C=O) groups excluding carboxylic acids is 1. The Morgan fingerprint density at radius 3 is 2.26 bits per heavy atom. The van der Waals surface area contributed by atoms with Crippen molar-refractivity contribution in [1.82, 2.24) is 0 Å². The van der Waals surface area contributed by atoms with Crippen LogP contribution in [-0.2, 0) is 23.2 Å². The van der Waals surface area contributed by atoms with E-state index >= 15 is 0 Å². The van der Waals surface area contributed by atoms with E-state index < -0.39 is 5.41 Å². The van der Waals surface area contributed by atoms with E-state index in [1.54, 1.807) is 0 Å². The van der Waals surface area contributed by atoms with Crippen molar-refractivity contribution >= 4 is 17.3 Å². The summed E-state index contributed by atoms with van der Waals surface area (Å²) < 4.78 is 0. The molecule has 0 radical (unpaired) electrons. The number of carbonyl (C=O) groups is 1. The standard InChI is InChI=1S/C24H24N2O/c1-24(21-10-6-7-11-22(21)25-23(24)27)16-18-12-14-20(15-13-18)26(2)17-19-8-4-3-5-9-19/h3-15H,16-17H2,1-2H3,(H,25,27). The number of rotatable bonds is 5. The van der Waals surface area contributed by atoms with E-state index in [1.165, 1.54) is 16.8 Å². The molecule has 3 heteroatoms. The van der Waals surface area contributed by atoms with Crippen LogP contribution in [0.1, 0.15) is 23.6 Å². The van der Waals surface area contributed by atoms with Gasteiger partial charge in [0.2, 0.25) is 5.91 Å². The Balaban J connectivity index is 1.51. The van der Waals surface area contributed by atoms with Crippen molar-refractivity contribution in [2.45, 2.75) is 25.3 Å². The molecule has 1 heterocycles. The maximum absolute atomic E-state index is 12.6. The third-order valence-corrected chi connectivity index (χ3v) is 5.47. The zero-order valence-corrected chi connectivity index (χ0v) is 15.8. The molecule has 0 saturated heterocycles. The summed E-state index contributed by atoms with van der Waals surface area (Å²) in [6.07, 6.45) is 0.693. The number of fused-ring (bicyclic) bond motifs is 1. The molecule has 0 aliphatic carbocycles. The number of para-hydroxylation sites is 1. The summed E-state index contributed by atoms with van der Waals surface area (Å²) in [5, 5.41) is 3.02. The second kappa shape index (κ2) is 6.92. The van der Waals surface area contributed by atoms with Crippen LogP contribution in [0.5, 0.6) is 0 Å². The van der Waals surface area contributed by atoms with E-state index in [4.69, 9.17) is 0 Å². The van der Waals surface area contributed by atoms with Gasteiger partial charge in [-0.1, -0.05) is 60.7 Å². The minimum Gasteiger partial charge on any atom is -0.370 e. The molecule has 1 aliphatic heterocycles. The number of benzene rings is 3. The summed E-state index contributed by atoms with van der Waals surface area (Å²) in [6, 6.07) is 27.0. The molecule has 1 atom stereocenters. The van der Waals surface area contributed by atoms with Gasteiger partial charge in [0.1, 0.15) is 0 Å². The van der Waals surface area contributed by atoms with Gasteiger partial charge in [0.15, 0.2) is 0 Å². The highest BCUT2D eigenvalue weighted by molar-refractivity contribution is 6.06. The molecule has 136 valence electrons. The van der Waals surface area contributed by atoms with Gasteiger partial charge in [0, 0.05) is 25.0 Å². The molecular formula is C24H24N2O. The molecule has 4 rings (SSSR count). The first-order valence-corrected chi connectivity index (χ1v) is 9.31. The number of anilines is 2. The lowest BCUT2D eigenvalue weighted by Gasteiger charge is -2.23. The smallest absolute Gasteiger partial charge is 0.235 e. The normalized spacial score (nSPS) is 18.1. The maximum atomic E-state index is 12.6. The molecule has 0 bridgehead atoms. The van der Waals surface area contributed by atoms with Gasteiger partial charge in [-0.25, -0.2) is 0 Å². The van der Waals surface area contributed by atoms with Crippen LogP contribution < -0.4 is 10.2 Å². The van der Waals surface area contributed by atoms with Crippen LogP contribution in [0, 0.1) is 0 Å². The second-order valence-electron chi connectivity index (χ2n) is 7.52. The van der Waals surface area contributed by atoms with Crippen LogP contribution in [0.25, 0.3) is 0 Å². The van der Waals surface area contributed by atoms with Gasteiger partial charge < -0.3 is 10.2 Å². The van der Waals surface area contributed by atoms with E-state index in [0.717, 1.165) is 17.8 Å². The van der Waals surface area contributed by atoms with Crippen LogP contribution in [-0.4, -0.2) is 13.0 Å². The van der Waals surface area contributed by atoms with E-state index in [2.05, 4.69) is 71.9 Å². The molecule has 0 fully saturated rings. The summed E-state index contributed by atoms with van der Waals surface area (Å²) >= 11 is 0. The Kier molecular flexibility index (Phi) is 4.44. The molecule has 1 amide bonds. The molecule has 27 heavy (non-hydrogen) atoms. The molecule has 1 unspecified atom stereocenters. The lowest BCUT2D eigenvalue weighted by atomic mass is 9.78. The largest absolute Gasteiger partial charge is 0.370 e. The highest BCUT2D eigenvalue weighted by Gasteiger charge is 2.42.